The summed E-state index contributed by atoms with van der Waals surface area (Å²) in [7, 11) is 0. The zero-order valence-electron chi connectivity index (χ0n) is 18.9. The Morgan fingerprint density at radius 1 is 1.23 bits per heavy atom. The summed E-state index contributed by atoms with van der Waals surface area (Å²) in [6.45, 7) is 13.8. The van der Waals surface area contributed by atoms with Gasteiger partial charge in [-0.15, -0.1) is 0 Å². The number of rotatable bonds is 7. The fourth-order valence-electron chi connectivity index (χ4n) is 3.62. The molecule has 1 aliphatic rings. The van der Waals surface area contributed by atoms with Gasteiger partial charge in [-0.3, -0.25) is 0 Å². The Hall–Kier alpha value is -2.65. The third-order valence-corrected chi connectivity index (χ3v) is 5.32. The lowest BCUT2D eigenvalue weighted by molar-refractivity contribution is 0.357. The van der Waals surface area contributed by atoms with Crippen molar-refractivity contribution in [1.82, 2.24) is 15.3 Å². The highest BCUT2D eigenvalue weighted by atomic mass is 15.3. The highest BCUT2D eigenvalue weighted by molar-refractivity contribution is 5.59. The minimum absolute atomic E-state index is 0.282. The quantitative estimate of drug-likeness (QED) is 0.701. The molecule has 1 aromatic heterocycles. The molecule has 160 valence electrons. The van der Waals surface area contributed by atoms with Crippen LogP contribution in [-0.4, -0.2) is 35.6 Å². The molecule has 0 amide bonds. The van der Waals surface area contributed by atoms with Gasteiger partial charge in [-0.05, 0) is 42.9 Å². The van der Waals surface area contributed by atoms with E-state index in [-0.39, 0.29) is 5.41 Å². The van der Waals surface area contributed by atoms with Crippen molar-refractivity contribution in [3.63, 3.8) is 0 Å². The van der Waals surface area contributed by atoms with E-state index in [0.717, 1.165) is 61.7 Å². The lowest BCUT2D eigenvalue weighted by Crippen LogP contribution is -2.37. The Bertz CT molecular complexity index is 909. The molecule has 3 rings (SSSR count). The molecular formula is C24H34N6. The van der Waals surface area contributed by atoms with Crippen molar-refractivity contribution >= 4 is 17.5 Å². The van der Waals surface area contributed by atoms with Crippen molar-refractivity contribution in [1.29, 1.82) is 5.26 Å². The van der Waals surface area contributed by atoms with Crippen LogP contribution >= 0.6 is 0 Å². The Balaban J connectivity index is 1.77. The number of benzene rings is 1. The molecule has 2 aromatic rings. The summed E-state index contributed by atoms with van der Waals surface area (Å²) < 4.78 is 0. The van der Waals surface area contributed by atoms with Crippen molar-refractivity contribution < 1.29 is 0 Å². The molecule has 0 spiro atoms. The molecule has 0 saturated carbocycles. The molecule has 2 N–H and O–H groups in total. The average molecular weight is 407 g/mol. The molecule has 1 atom stereocenters. The van der Waals surface area contributed by atoms with E-state index >= 15 is 0 Å². The van der Waals surface area contributed by atoms with Gasteiger partial charge in [0.1, 0.15) is 5.82 Å². The number of nitriles is 1. The third kappa shape index (κ3) is 5.93. The van der Waals surface area contributed by atoms with Crippen molar-refractivity contribution in [3.8, 4) is 6.07 Å². The van der Waals surface area contributed by atoms with Gasteiger partial charge in [0.2, 0.25) is 5.95 Å². The largest absolute Gasteiger partial charge is 0.355 e. The van der Waals surface area contributed by atoms with Crippen LogP contribution in [0.25, 0.3) is 0 Å². The molecule has 0 aliphatic carbocycles. The van der Waals surface area contributed by atoms with E-state index in [1.807, 2.05) is 25.1 Å². The van der Waals surface area contributed by atoms with Gasteiger partial charge < -0.3 is 15.5 Å². The summed E-state index contributed by atoms with van der Waals surface area (Å²) in [5.74, 6) is 1.57. The Morgan fingerprint density at radius 2 is 2.03 bits per heavy atom. The summed E-state index contributed by atoms with van der Waals surface area (Å²) >= 11 is 0. The summed E-state index contributed by atoms with van der Waals surface area (Å²) in [5.41, 5.74) is 3.79. The lowest BCUT2D eigenvalue weighted by atomic mass is 9.96. The predicted molar refractivity (Wildman–Crippen MR) is 123 cm³/mol. The molecular weight excluding hydrogens is 372 g/mol. The van der Waals surface area contributed by atoms with Crippen LogP contribution in [0, 0.1) is 23.7 Å². The highest BCUT2D eigenvalue weighted by Gasteiger charge is 2.25. The van der Waals surface area contributed by atoms with Crippen molar-refractivity contribution in [2.45, 2.75) is 59.9 Å². The van der Waals surface area contributed by atoms with Gasteiger partial charge in [-0.25, -0.2) is 4.98 Å². The first-order valence-corrected chi connectivity index (χ1v) is 10.9. The monoisotopic (exact) mass is 406 g/mol. The van der Waals surface area contributed by atoms with E-state index in [2.05, 4.69) is 55.4 Å². The van der Waals surface area contributed by atoms with Crippen LogP contribution in [0.5, 0.6) is 0 Å². The fraction of sp³-hybridized carbons (Fsp3) is 0.542. The van der Waals surface area contributed by atoms with E-state index in [9.17, 15) is 5.26 Å². The minimum atomic E-state index is 0.282. The molecule has 6 nitrogen and oxygen atoms in total. The zero-order valence-corrected chi connectivity index (χ0v) is 18.9. The molecule has 1 aliphatic heterocycles. The molecule has 1 aromatic carbocycles. The van der Waals surface area contributed by atoms with Crippen molar-refractivity contribution in [2.75, 3.05) is 29.9 Å². The molecule has 1 saturated heterocycles. The topological polar surface area (TPSA) is 76.9 Å². The van der Waals surface area contributed by atoms with Crippen LogP contribution in [0.2, 0.25) is 0 Å². The standard InChI is InChI=1S/C24H34N6/c1-6-7-19-13-22(30-11-10-21(15-30)26-16-24(3,4)5)29-23(27-19)28-20-9-8-17(2)18(12-20)14-25/h8-9,12-13,21,26H,6-7,10-11,15-16H2,1-5H3,(H,27,28,29). The summed E-state index contributed by atoms with van der Waals surface area (Å²) in [6, 6.07) is 10.6. The normalized spacial score (nSPS) is 16.5. The maximum atomic E-state index is 9.31. The van der Waals surface area contributed by atoms with Crippen LogP contribution in [0.4, 0.5) is 17.5 Å². The van der Waals surface area contributed by atoms with E-state index in [1.54, 1.807) is 0 Å². The van der Waals surface area contributed by atoms with Gasteiger partial charge in [0.05, 0.1) is 11.6 Å². The molecule has 0 bridgehead atoms. The van der Waals surface area contributed by atoms with Gasteiger partial charge in [0, 0.05) is 43.1 Å². The second-order valence-corrected chi connectivity index (χ2v) is 9.43. The van der Waals surface area contributed by atoms with Gasteiger partial charge in [-0.1, -0.05) is 40.2 Å². The molecule has 30 heavy (non-hydrogen) atoms. The van der Waals surface area contributed by atoms with Crippen LogP contribution in [0.15, 0.2) is 24.3 Å². The number of hydrogen-bond donors (Lipinski definition) is 2. The van der Waals surface area contributed by atoms with E-state index in [4.69, 9.17) is 9.97 Å². The predicted octanol–water partition coefficient (Wildman–Crippen LogP) is 4.57. The highest BCUT2D eigenvalue weighted by Crippen LogP contribution is 2.24. The Labute approximate surface area is 180 Å². The van der Waals surface area contributed by atoms with Gasteiger partial charge in [0.15, 0.2) is 0 Å². The maximum Gasteiger partial charge on any atom is 0.229 e. The Morgan fingerprint density at radius 3 is 2.73 bits per heavy atom. The first-order chi connectivity index (χ1) is 14.3. The fourth-order valence-corrected chi connectivity index (χ4v) is 3.62. The van der Waals surface area contributed by atoms with Crippen molar-refractivity contribution in [2.24, 2.45) is 5.41 Å². The van der Waals surface area contributed by atoms with Crippen LogP contribution in [0.3, 0.4) is 0 Å². The second kappa shape index (κ2) is 9.44. The van der Waals surface area contributed by atoms with Gasteiger partial charge >= 0.3 is 0 Å². The number of anilines is 3. The number of aryl methyl sites for hydroxylation is 2. The SMILES string of the molecule is CCCc1cc(N2CCC(NCC(C)(C)C)C2)nc(Nc2ccc(C)c(C#N)c2)n1. The number of aromatic nitrogens is 2. The van der Waals surface area contributed by atoms with Gasteiger partial charge in [-0.2, -0.15) is 10.2 Å². The molecule has 1 unspecified atom stereocenters. The summed E-state index contributed by atoms with van der Waals surface area (Å²) in [6.07, 6.45) is 3.07. The molecule has 0 radical (unpaired) electrons. The van der Waals surface area contributed by atoms with E-state index < -0.39 is 0 Å². The van der Waals surface area contributed by atoms with Crippen molar-refractivity contribution in [3.05, 3.63) is 41.1 Å². The smallest absolute Gasteiger partial charge is 0.229 e. The van der Waals surface area contributed by atoms with E-state index in [0.29, 0.717) is 17.6 Å². The third-order valence-electron chi connectivity index (χ3n) is 5.32. The maximum absolute atomic E-state index is 9.31. The molecule has 6 heteroatoms. The van der Waals surface area contributed by atoms with E-state index in [1.165, 1.54) is 0 Å². The van der Waals surface area contributed by atoms with Crippen LogP contribution in [-0.2, 0) is 6.42 Å². The lowest BCUT2D eigenvalue weighted by Gasteiger charge is -2.23. The summed E-state index contributed by atoms with van der Waals surface area (Å²) in [5, 5.41) is 16.3. The average Bonchev–Trinajstić information content (AvgIpc) is 3.17. The molecule has 2 heterocycles. The number of nitrogens with one attached hydrogen (secondary N) is 2. The first kappa shape index (κ1) is 22.0. The Kier molecular flexibility index (Phi) is 6.94. The zero-order chi connectivity index (χ0) is 21.7. The van der Waals surface area contributed by atoms with Gasteiger partial charge in [0.25, 0.3) is 0 Å². The minimum Gasteiger partial charge on any atom is -0.355 e. The first-order valence-electron chi connectivity index (χ1n) is 10.9. The van der Waals surface area contributed by atoms with Crippen LogP contribution < -0.4 is 15.5 Å². The number of nitrogens with zero attached hydrogens (tertiary/aromatic N) is 4. The number of hydrogen-bond acceptors (Lipinski definition) is 6. The second-order valence-electron chi connectivity index (χ2n) is 9.43. The van der Waals surface area contributed by atoms with Crippen LogP contribution in [0.1, 0.15) is 57.4 Å². The molecule has 1 fully saturated rings. The summed E-state index contributed by atoms with van der Waals surface area (Å²) in [4.78, 5) is 11.9.